The molecule has 7 nitrogen and oxygen atoms in total. The third-order valence-electron chi connectivity index (χ3n) is 2.89. The Kier molecular flexibility index (Phi) is 5.35. The summed E-state index contributed by atoms with van der Waals surface area (Å²) in [4.78, 5) is 35.4. The summed E-state index contributed by atoms with van der Waals surface area (Å²) in [5, 5.41) is 2.64. The second-order valence-corrected chi connectivity index (χ2v) is 6.04. The Hall–Kier alpha value is -1.79. The number of urea groups is 1. The highest BCUT2D eigenvalue weighted by Gasteiger charge is 2.27. The Bertz CT molecular complexity index is 390. The van der Waals surface area contributed by atoms with Crippen molar-refractivity contribution >= 4 is 17.9 Å². The van der Waals surface area contributed by atoms with Crippen molar-refractivity contribution in [3.05, 3.63) is 0 Å². The predicted octanol–water partition coefficient (Wildman–Crippen LogP) is 0.871. The van der Waals surface area contributed by atoms with E-state index in [4.69, 9.17) is 10.5 Å². The van der Waals surface area contributed by atoms with Gasteiger partial charge in [0.05, 0.1) is 6.54 Å². The summed E-state index contributed by atoms with van der Waals surface area (Å²) in [6, 6.07) is -0.580. The zero-order chi connectivity index (χ0) is 15.3. The number of rotatable bonds is 3. The summed E-state index contributed by atoms with van der Waals surface area (Å²) in [5.74, 6) is 0.0241. The molecule has 114 valence electrons. The van der Waals surface area contributed by atoms with Gasteiger partial charge in [0.2, 0.25) is 0 Å². The van der Waals surface area contributed by atoms with Crippen LogP contribution >= 0.6 is 0 Å². The number of amides is 3. The number of nitrogens with two attached hydrogens (primary N) is 1. The summed E-state index contributed by atoms with van der Waals surface area (Å²) in [7, 11) is 0. The van der Waals surface area contributed by atoms with Crippen LogP contribution in [0.25, 0.3) is 0 Å². The third kappa shape index (κ3) is 5.90. The molecule has 20 heavy (non-hydrogen) atoms. The van der Waals surface area contributed by atoms with Gasteiger partial charge in [-0.05, 0) is 33.1 Å². The lowest BCUT2D eigenvalue weighted by atomic mass is 9.94. The molecule has 3 N–H and O–H groups in total. The van der Waals surface area contributed by atoms with Gasteiger partial charge >= 0.3 is 12.1 Å². The van der Waals surface area contributed by atoms with Gasteiger partial charge < -0.3 is 20.7 Å². The largest absolute Gasteiger partial charge is 0.444 e. The van der Waals surface area contributed by atoms with E-state index in [2.05, 4.69) is 5.32 Å². The molecule has 0 aliphatic carbocycles. The van der Waals surface area contributed by atoms with Gasteiger partial charge in [0, 0.05) is 19.5 Å². The van der Waals surface area contributed by atoms with E-state index in [1.165, 1.54) is 4.90 Å². The van der Waals surface area contributed by atoms with Crippen molar-refractivity contribution in [3.63, 3.8) is 0 Å². The molecule has 0 aromatic carbocycles. The molecule has 0 aromatic rings. The van der Waals surface area contributed by atoms with Gasteiger partial charge in [-0.25, -0.2) is 9.59 Å². The third-order valence-corrected chi connectivity index (χ3v) is 2.89. The van der Waals surface area contributed by atoms with Crippen molar-refractivity contribution in [2.24, 2.45) is 11.7 Å². The molecule has 1 aliphatic rings. The molecule has 0 bridgehead atoms. The normalized spacial score (nSPS) is 19.6. The number of nitrogens with one attached hydrogen (secondary N) is 1. The van der Waals surface area contributed by atoms with Crippen LogP contribution in [0, 0.1) is 5.92 Å². The van der Waals surface area contributed by atoms with Crippen LogP contribution in [0.15, 0.2) is 0 Å². The molecule has 1 rings (SSSR count). The van der Waals surface area contributed by atoms with Crippen LogP contribution < -0.4 is 11.1 Å². The molecule has 1 saturated heterocycles. The fraction of sp³-hybridized carbons (Fsp3) is 0.769. The van der Waals surface area contributed by atoms with Crippen molar-refractivity contribution in [2.75, 3.05) is 19.6 Å². The first-order chi connectivity index (χ1) is 9.17. The number of alkyl carbamates (subject to hydrolysis) is 1. The molecule has 1 fully saturated rings. The molecule has 0 radical (unpaired) electrons. The number of likely N-dealkylation sites (tertiary alicyclic amines) is 1. The van der Waals surface area contributed by atoms with Gasteiger partial charge in [-0.1, -0.05) is 0 Å². The first kappa shape index (κ1) is 16.3. The van der Waals surface area contributed by atoms with Gasteiger partial charge in [-0.15, -0.1) is 0 Å². The molecular formula is C13H23N3O4. The fourth-order valence-corrected chi connectivity index (χ4v) is 2.09. The number of Topliss-reactive ketones (excluding diaryl/α,β-unsaturated/α-hetero) is 1. The van der Waals surface area contributed by atoms with Crippen LogP contribution in [-0.2, 0) is 9.53 Å². The lowest BCUT2D eigenvalue weighted by Crippen LogP contribution is -2.47. The van der Waals surface area contributed by atoms with E-state index >= 15 is 0 Å². The standard InChI is InChI=1S/C13H23N3O4/c1-13(2,3)20-12(19)15-5-4-9-6-10(17)8-16(7-9)11(14)18/h9H,4-8H2,1-3H3,(H2,14,18)(H,15,19). The van der Waals surface area contributed by atoms with E-state index in [1.54, 1.807) is 20.8 Å². The van der Waals surface area contributed by atoms with Crippen LogP contribution in [0.2, 0.25) is 0 Å². The molecule has 3 amide bonds. The fourth-order valence-electron chi connectivity index (χ4n) is 2.09. The highest BCUT2D eigenvalue weighted by atomic mass is 16.6. The van der Waals surface area contributed by atoms with Crippen LogP contribution in [0.4, 0.5) is 9.59 Å². The Balaban J connectivity index is 2.32. The predicted molar refractivity (Wildman–Crippen MR) is 73.1 cm³/mol. The Labute approximate surface area is 118 Å². The molecule has 0 saturated carbocycles. The summed E-state index contributed by atoms with van der Waals surface area (Å²) >= 11 is 0. The zero-order valence-electron chi connectivity index (χ0n) is 12.3. The van der Waals surface area contributed by atoms with Gasteiger partial charge in [0.15, 0.2) is 5.78 Å². The minimum absolute atomic E-state index is 0.00248. The van der Waals surface area contributed by atoms with E-state index in [0.29, 0.717) is 25.9 Å². The van der Waals surface area contributed by atoms with Crippen molar-refractivity contribution in [1.29, 1.82) is 0 Å². The number of hydrogen-bond donors (Lipinski definition) is 2. The van der Waals surface area contributed by atoms with Crippen molar-refractivity contribution in [2.45, 2.75) is 39.2 Å². The molecule has 0 spiro atoms. The molecule has 0 aromatic heterocycles. The number of primary amides is 1. The average molecular weight is 285 g/mol. The van der Waals surface area contributed by atoms with Gasteiger partial charge in [0.1, 0.15) is 5.60 Å². The van der Waals surface area contributed by atoms with E-state index in [9.17, 15) is 14.4 Å². The van der Waals surface area contributed by atoms with Crippen LogP contribution in [0.3, 0.4) is 0 Å². The number of ketones is 1. The Morgan fingerprint density at radius 2 is 2.10 bits per heavy atom. The molecule has 1 atom stereocenters. The van der Waals surface area contributed by atoms with E-state index in [0.717, 1.165) is 0 Å². The van der Waals surface area contributed by atoms with Crippen LogP contribution in [0.1, 0.15) is 33.6 Å². The van der Waals surface area contributed by atoms with Crippen molar-refractivity contribution in [1.82, 2.24) is 10.2 Å². The average Bonchev–Trinajstić information content (AvgIpc) is 2.25. The molecule has 1 heterocycles. The topological polar surface area (TPSA) is 102 Å². The number of nitrogens with zero attached hydrogens (tertiary/aromatic N) is 1. The van der Waals surface area contributed by atoms with Gasteiger partial charge in [0.25, 0.3) is 0 Å². The highest BCUT2D eigenvalue weighted by Crippen LogP contribution is 2.16. The summed E-state index contributed by atoms with van der Waals surface area (Å²) in [6.07, 6.45) is 0.542. The van der Waals surface area contributed by atoms with Crippen LogP contribution in [0.5, 0.6) is 0 Å². The lowest BCUT2D eigenvalue weighted by Gasteiger charge is -2.30. The summed E-state index contributed by atoms with van der Waals surface area (Å²) < 4.78 is 5.11. The first-order valence-corrected chi connectivity index (χ1v) is 6.70. The summed E-state index contributed by atoms with van der Waals surface area (Å²) in [6.45, 7) is 6.31. The maximum atomic E-state index is 11.5. The quantitative estimate of drug-likeness (QED) is 0.803. The minimum atomic E-state index is -0.580. The second kappa shape index (κ2) is 6.58. The number of piperidine rings is 1. The van der Waals surface area contributed by atoms with Crippen molar-refractivity contribution in [3.8, 4) is 0 Å². The van der Waals surface area contributed by atoms with E-state index < -0.39 is 17.7 Å². The molecule has 1 aliphatic heterocycles. The number of hydrogen-bond acceptors (Lipinski definition) is 4. The van der Waals surface area contributed by atoms with Gasteiger partial charge in [-0.2, -0.15) is 0 Å². The molecule has 1 unspecified atom stereocenters. The zero-order valence-corrected chi connectivity index (χ0v) is 12.3. The van der Waals surface area contributed by atoms with E-state index in [1.807, 2.05) is 0 Å². The van der Waals surface area contributed by atoms with Crippen LogP contribution in [-0.4, -0.2) is 48.0 Å². The van der Waals surface area contributed by atoms with E-state index in [-0.39, 0.29) is 18.2 Å². The molecule has 7 heteroatoms. The van der Waals surface area contributed by atoms with Gasteiger partial charge in [-0.3, -0.25) is 4.79 Å². The monoisotopic (exact) mass is 285 g/mol. The number of carbonyl (C=O) groups is 3. The second-order valence-electron chi connectivity index (χ2n) is 6.04. The number of ether oxygens (including phenoxy) is 1. The molecular weight excluding hydrogens is 262 g/mol. The first-order valence-electron chi connectivity index (χ1n) is 6.70. The SMILES string of the molecule is CC(C)(C)OC(=O)NCCC1CC(=O)CN(C(N)=O)C1. The smallest absolute Gasteiger partial charge is 0.407 e. The maximum absolute atomic E-state index is 11.5. The number of carbonyl (C=O) groups excluding carboxylic acids is 3. The van der Waals surface area contributed by atoms with Crippen molar-refractivity contribution < 1.29 is 19.1 Å². The highest BCUT2D eigenvalue weighted by molar-refractivity contribution is 5.86. The lowest BCUT2D eigenvalue weighted by molar-refractivity contribution is -0.122. The Morgan fingerprint density at radius 3 is 2.65 bits per heavy atom. The summed E-state index contributed by atoms with van der Waals surface area (Å²) in [5.41, 5.74) is 4.65. The maximum Gasteiger partial charge on any atom is 0.407 e. The minimum Gasteiger partial charge on any atom is -0.444 e. The Morgan fingerprint density at radius 1 is 1.45 bits per heavy atom.